The number of likely N-dealkylation sites (tertiary alicyclic amines) is 1. The fraction of sp³-hybridized carbons (Fsp3) is 0.286. The van der Waals surface area contributed by atoms with E-state index >= 15 is 0 Å². The van der Waals surface area contributed by atoms with Crippen LogP contribution in [0.2, 0.25) is 5.02 Å². The molecule has 1 aromatic carbocycles. The summed E-state index contributed by atoms with van der Waals surface area (Å²) in [5.41, 5.74) is 0.801. The van der Waals surface area contributed by atoms with Gasteiger partial charge >= 0.3 is 0 Å². The lowest BCUT2D eigenvalue weighted by atomic mass is 9.95. The molecule has 1 amide bonds. The first-order chi connectivity index (χ1) is 15.1. The molecule has 158 valence electrons. The van der Waals surface area contributed by atoms with Gasteiger partial charge < -0.3 is 14.3 Å². The summed E-state index contributed by atoms with van der Waals surface area (Å²) in [5, 5.41) is 8.46. The Labute approximate surface area is 181 Å². The summed E-state index contributed by atoms with van der Waals surface area (Å²) < 4.78 is 6.92. The number of hydrogen-bond donors (Lipinski definition) is 1. The van der Waals surface area contributed by atoms with Crippen LogP contribution in [0.15, 0.2) is 51.9 Å². The SMILES string of the molecule is O=C(c1ccccc1Cl)N1CCC(c2nc3c(nnn3Cc3ccco3)c(=O)[nH]2)CC1. The number of fused-ring (bicyclic) bond motifs is 1. The van der Waals surface area contributed by atoms with Crippen molar-refractivity contribution >= 4 is 28.7 Å². The molecule has 3 aromatic heterocycles. The Morgan fingerprint density at radius 2 is 2.00 bits per heavy atom. The van der Waals surface area contributed by atoms with Gasteiger partial charge in [0.05, 0.1) is 16.8 Å². The number of aromatic nitrogens is 5. The van der Waals surface area contributed by atoms with Crippen molar-refractivity contribution in [2.45, 2.75) is 25.3 Å². The molecular weight excluding hydrogens is 420 g/mol. The fourth-order valence-electron chi connectivity index (χ4n) is 3.89. The number of rotatable bonds is 4. The zero-order chi connectivity index (χ0) is 21.4. The molecule has 10 heteroatoms. The Kier molecular flexibility index (Phi) is 5.03. The number of benzene rings is 1. The maximum absolute atomic E-state index is 12.8. The highest BCUT2D eigenvalue weighted by Crippen LogP contribution is 2.27. The first-order valence-electron chi connectivity index (χ1n) is 10.00. The lowest BCUT2D eigenvalue weighted by Gasteiger charge is -2.31. The average molecular weight is 439 g/mol. The van der Waals surface area contributed by atoms with Gasteiger partial charge in [0.2, 0.25) is 0 Å². The maximum atomic E-state index is 12.8. The van der Waals surface area contributed by atoms with E-state index in [1.807, 2.05) is 6.07 Å². The van der Waals surface area contributed by atoms with E-state index in [9.17, 15) is 9.59 Å². The number of aromatic amines is 1. The molecule has 0 spiro atoms. The van der Waals surface area contributed by atoms with E-state index in [4.69, 9.17) is 16.0 Å². The zero-order valence-corrected chi connectivity index (χ0v) is 17.2. The van der Waals surface area contributed by atoms with Crippen LogP contribution < -0.4 is 5.56 Å². The standard InChI is InChI=1S/C21H19ClN6O3/c22-16-6-2-1-5-15(16)21(30)27-9-7-13(8-10-27)18-23-19-17(20(29)24-18)25-26-28(19)12-14-4-3-11-31-14/h1-6,11,13H,7-10,12H2,(H,23,24,29). The number of nitrogens with zero attached hydrogens (tertiary/aromatic N) is 5. The molecule has 5 rings (SSSR count). The summed E-state index contributed by atoms with van der Waals surface area (Å²) in [5.74, 6) is 1.23. The number of H-pyrrole nitrogens is 1. The van der Waals surface area contributed by atoms with E-state index in [0.29, 0.717) is 60.3 Å². The molecule has 0 bridgehead atoms. The van der Waals surface area contributed by atoms with Crippen molar-refractivity contribution in [2.24, 2.45) is 0 Å². The van der Waals surface area contributed by atoms with Crippen molar-refractivity contribution in [3.8, 4) is 0 Å². The Morgan fingerprint density at radius 1 is 1.19 bits per heavy atom. The minimum Gasteiger partial charge on any atom is -0.467 e. The molecule has 1 N–H and O–H groups in total. The zero-order valence-electron chi connectivity index (χ0n) is 16.5. The van der Waals surface area contributed by atoms with Crippen molar-refractivity contribution in [2.75, 3.05) is 13.1 Å². The van der Waals surface area contributed by atoms with Crippen LogP contribution in [0.25, 0.3) is 11.2 Å². The van der Waals surface area contributed by atoms with Gasteiger partial charge in [-0.15, -0.1) is 5.10 Å². The third-order valence-corrected chi connectivity index (χ3v) is 5.88. The van der Waals surface area contributed by atoms with E-state index < -0.39 is 0 Å². The van der Waals surface area contributed by atoms with Gasteiger partial charge in [0.25, 0.3) is 11.5 Å². The van der Waals surface area contributed by atoms with Gasteiger partial charge in [0.1, 0.15) is 18.1 Å². The van der Waals surface area contributed by atoms with Crippen molar-refractivity contribution in [1.82, 2.24) is 29.9 Å². The Bertz CT molecular complexity index is 1290. The van der Waals surface area contributed by atoms with Crippen LogP contribution in [0.5, 0.6) is 0 Å². The quantitative estimate of drug-likeness (QED) is 0.524. The van der Waals surface area contributed by atoms with Crippen LogP contribution >= 0.6 is 11.6 Å². The van der Waals surface area contributed by atoms with E-state index in [2.05, 4.69) is 20.3 Å². The maximum Gasteiger partial charge on any atom is 0.281 e. The van der Waals surface area contributed by atoms with E-state index in [0.717, 1.165) is 0 Å². The second-order valence-electron chi connectivity index (χ2n) is 7.50. The molecule has 1 aliphatic rings. The molecule has 4 heterocycles. The number of halogens is 1. The smallest absolute Gasteiger partial charge is 0.281 e. The van der Waals surface area contributed by atoms with Gasteiger partial charge in [0, 0.05) is 19.0 Å². The van der Waals surface area contributed by atoms with Crippen molar-refractivity contribution in [3.05, 3.63) is 75.2 Å². The average Bonchev–Trinajstić information content (AvgIpc) is 3.45. The van der Waals surface area contributed by atoms with Gasteiger partial charge in [-0.3, -0.25) is 9.59 Å². The summed E-state index contributed by atoms with van der Waals surface area (Å²) in [6.07, 6.45) is 2.95. The Hall–Kier alpha value is -3.46. The van der Waals surface area contributed by atoms with Crippen LogP contribution in [-0.4, -0.2) is 48.9 Å². The van der Waals surface area contributed by atoms with Crippen LogP contribution in [0.4, 0.5) is 0 Å². The van der Waals surface area contributed by atoms with Crippen molar-refractivity contribution < 1.29 is 9.21 Å². The van der Waals surface area contributed by atoms with Crippen molar-refractivity contribution in [1.29, 1.82) is 0 Å². The summed E-state index contributed by atoms with van der Waals surface area (Å²) in [7, 11) is 0. The van der Waals surface area contributed by atoms with E-state index in [-0.39, 0.29) is 22.9 Å². The molecule has 4 aromatic rings. The predicted octanol–water partition coefficient (Wildman–Crippen LogP) is 2.83. The Morgan fingerprint density at radius 3 is 2.74 bits per heavy atom. The first-order valence-corrected chi connectivity index (χ1v) is 10.4. The van der Waals surface area contributed by atoms with Crippen LogP contribution in [0, 0.1) is 0 Å². The fourth-order valence-corrected chi connectivity index (χ4v) is 4.11. The van der Waals surface area contributed by atoms with Gasteiger partial charge in [-0.2, -0.15) is 0 Å². The largest absolute Gasteiger partial charge is 0.467 e. The summed E-state index contributed by atoms with van der Waals surface area (Å²) in [6, 6.07) is 10.7. The molecule has 1 aliphatic heterocycles. The van der Waals surface area contributed by atoms with Crippen LogP contribution in [0.1, 0.15) is 40.7 Å². The lowest BCUT2D eigenvalue weighted by molar-refractivity contribution is 0.0711. The highest BCUT2D eigenvalue weighted by Gasteiger charge is 2.27. The molecule has 0 radical (unpaired) electrons. The third kappa shape index (κ3) is 3.72. The number of furan rings is 1. The molecule has 0 unspecified atom stereocenters. The topological polar surface area (TPSA) is 110 Å². The van der Waals surface area contributed by atoms with Gasteiger partial charge in [-0.05, 0) is 37.1 Å². The second kappa shape index (κ2) is 7.99. The Balaban J connectivity index is 1.35. The van der Waals surface area contributed by atoms with E-state index in [1.165, 1.54) is 0 Å². The first kappa shape index (κ1) is 19.5. The third-order valence-electron chi connectivity index (χ3n) is 5.55. The molecule has 1 saturated heterocycles. The number of piperidine rings is 1. The summed E-state index contributed by atoms with van der Waals surface area (Å²) in [6.45, 7) is 1.45. The van der Waals surface area contributed by atoms with Crippen molar-refractivity contribution in [3.63, 3.8) is 0 Å². The number of carbonyl (C=O) groups is 1. The number of carbonyl (C=O) groups excluding carboxylic acids is 1. The highest BCUT2D eigenvalue weighted by atomic mass is 35.5. The van der Waals surface area contributed by atoms with Gasteiger partial charge in [-0.25, -0.2) is 9.67 Å². The van der Waals surface area contributed by atoms with Gasteiger partial charge in [0.15, 0.2) is 11.2 Å². The number of nitrogens with one attached hydrogen (secondary N) is 1. The lowest BCUT2D eigenvalue weighted by Crippen LogP contribution is -2.38. The van der Waals surface area contributed by atoms with E-state index in [1.54, 1.807) is 46.2 Å². The van der Waals surface area contributed by atoms with Crippen LogP contribution in [-0.2, 0) is 6.54 Å². The predicted molar refractivity (Wildman–Crippen MR) is 113 cm³/mol. The molecule has 0 aliphatic carbocycles. The number of amides is 1. The summed E-state index contributed by atoms with van der Waals surface area (Å²) in [4.78, 5) is 34.6. The molecule has 0 atom stereocenters. The monoisotopic (exact) mass is 438 g/mol. The minimum absolute atomic E-state index is 0.0272. The van der Waals surface area contributed by atoms with Gasteiger partial charge in [-0.1, -0.05) is 28.9 Å². The molecule has 9 nitrogen and oxygen atoms in total. The highest BCUT2D eigenvalue weighted by molar-refractivity contribution is 6.33. The molecular formula is C21H19ClN6O3. The molecule has 1 fully saturated rings. The molecule has 0 saturated carbocycles. The normalized spacial score (nSPS) is 14.9. The molecule has 31 heavy (non-hydrogen) atoms. The van der Waals surface area contributed by atoms with Crippen LogP contribution in [0.3, 0.4) is 0 Å². The minimum atomic E-state index is -0.319. The second-order valence-corrected chi connectivity index (χ2v) is 7.90. The summed E-state index contributed by atoms with van der Waals surface area (Å²) >= 11 is 6.17. The number of hydrogen-bond acceptors (Lipinski definition) is 6.